The molecule has 20 heavy (non-hydrogen) atoms. The van der Waals surface area contributed by atoms with Crippen LogP contribution in [0.2, 0.25) is 0 Å². The number of thiazole rings is 1. The normalized spacial score (nSPS) is 13.8. The van der Waals surface area contributed by atoms with Gasteiger partial charge in [-0.3, -0.25) is 0 Å². The van der Waals surface area contributed by atoms with E-state index in [2.05, 4.69) is 10.3 Å². The lowest BCUT2D eigenvalue weighted by atomic mass is 10.0. The molecule has 1 aromatic heterocycles. The van der Waals surface area contributed by atoms with Gasteiger partial charge in [-0.1, -0.05) is 11.6 Å². The van der Waals surface area contributed by atoms with Gasteiger partial charge >= 0.3 is 5.97 Å². The number of carboxylic acids is 1. The molecule has 0 unspecified atom stereocenters. The van der Waals surface area contributed by atoms with Crippen LogP contribution >= 0.6 is 11.3 Å². The summed E-state index contributed by atoms with van der Waals surface area (Å²) in [5.74, 6) is -0.919. The third-order valence-corrected chi connectivity index (χ3v) is 4.57. The van der Waals surface area contributed by atoms with Crippen LogP contribution in [0.1, 0.15) is 39.3 Å². The molecule has 3 rings (SSSR count). The van der Waals surface area contributed by atoms with Crippen molar-refractivity contribution in [3.8, 4) is 0 Å². The van der Waals surface area contributed by atoms with Crippen LogP contribution in [0.4, 0.5) is 10.8 Å². The number of rotatable bonds is 3. The molecular weight excluding hydrogens is 272 g/mol. The Morgan fingerprint density at radius 2 is 2.15 bits per heavy atom. The van der Waals surface area contributed by atoms with Gasteiger partial charge in [0.1, 0.15) is 0 Å². The molecule has 2 aromatic rings. The van der Waals surface area contributed by atoms with E-state index < -0.39 is 5.97 Å². The van der Waals surface area contributed by atoms with Gasteiger partial charge in [-0.15, -0.1) is 11.3 Å². The van der Waals surface area contributed by atoms with Crippen molar-refractivity contribution in [2.45, 2.75) is 32.6 Å². The minimum Gasteiger partial charge on any atom is -0.478 e. The lowest BCUT2D eigenvalue weighted by Gasteiger charge is -2.07. The first-order chi connectivity index (χ1) is 9.63. The van der Waals surface area contributed by atoms with Crippen molar-refractivity contribution in [2.75, 3.05) is 5.32 Å². The maximum absolute atomic E-state index is 11.3. The molecule has 0 saturated heterocycles. The topological polar surface area (TPSA) is 62.2 Å². The van der Waals surface area contributed by atoms with Gasteiger partial charge in [0.2, 0.25) is 0 Å². The van der Waals surface area contributed by atoms with Crippen molar-refractivity contribution >= 4 is 28.1 Å². The first kappa shape index (κ1) is 13.1. The summed E-state index contributed by atoms with van der Waals surface area (Å²) in [6.45, 7) is 1.89. The van der Waals surface area contributed by atoms with E-state index in [1.807, 2.05) is 13.0 Å². The molecule has 1 aromatic carbocycles. The van der Waals surface area contributed by atoms with Gasteiger partial charge in [0.25, 0.3) is 0 Å². The van der Waals surface area contributed by atoms with E-state index in [1.54, 1.807) is 23.5 Å². The van der Waals surface area contributed by atoms with Crippen LogP contribution in [0, 0.1) is 6.92 Å². The molecule has 0 spiro atoms. The van der Waals surface area contributed by atoms with Gasteiger partial charge in [-0.05, 0) is 44.7 Å². The number of aryl methyl sites for hydroxylation is 3. The maximum Gasteiger partial charge on any atom is 0.337 e. The summed E-state index contributed by atoms with van der Waals surface area (Å²) in [5, 5.41) is 13.2. The molecule has 5 heteroatoms. The smallest absolute Gasteiger partial charge is 0.337 e. The molecule has 1 heterocycles. The summed E-state index contributed by atoms with van der Waals surface area (Å²) >= 11 is 1.64. The van der Waals surface area contributed by atoms with Crippen molar-refractivity contribution < 1.29 is 9.90 Å². The van der Waals surface area contributed by atoms with Gasteiger partial charge in [-0.25, -0.2) is 9.78 Å². The first-order valence-electron chi connectivity index (χ1n) is 6.73. The molecule has 104 valence electrons. The third-order valence-electron chi connectivity index (χ3n) is 3.49. The number of carboxylic acid groups (broad SMARTS) is 1. The summed E-state index contributed by atoms with van der Waals surface area (Å²) < 4.78 is 0. The molecule has 0 aliphatic heterocycles. The largest absolute Gasteiger partial charge is 0.478 e. The Morgan fingerprint density at radius 1 is 1.35 bits per heavy atom. The van der Waals surface area contributed by atoms with E-state index in [1.165, 1.54) is 23.4 Å². The lowest BCUT2D eigenvalue weighted by Crippen LogP contribution is -2.03. The summed E-state index contributed by atoms with van der Waals surface area (Å²) in [5.41, 5.74) is 3.01. The Morgan fingerprint density at radius 3 is 2.90 bits per heavy atom. The van der Waals surface area contributed by atoms with E-state index in [0.29, 0.717) is 5.69 Å². The molecule has 0 radical (unpaired) electrons. The highest BCUT2D eigenvalue weighted by Gasteiger charge is 2.17. The zero-order valence-corrected chi connectivity index (χ0v) is 12.1. The summed E-state index contributed by atoms with van der Waals surface area (Å²) in [4.78, 5) is 17.2. The Labute approximate surface area is 121 Å². The van der Waals surface area contributed by atoms with E-state index in [-0.39, 0.29) is 5.56 Å². The summed E-state index contributed by atoms with van der Waals surface area (Å²) in [7, 11) is 0. The van der Waals surface area contributed by atoms with Gasteiger partial charge in [0.15, 0.2) is 5.13 Å². The fraction of sp³-hybridized carbons (Fsp3) is 0.333. The number of benzene rings is 1. The molecule has 1 aliphatic carbocycles. The predicted molar refractivity (Wildman–Crippen MR) is 80.2 cm³/mol. The Balaban J connectivity index is 1.91. The second-order valence-electron chi connectivity index (χ2n) is 5.08. The average molecular weight is 288 g/mol. The molecule has 0 fully saturated rings. The van der Waals surface area contributed by atoms with Crippen LogP contribution in [-0.4, -0.2) is 16.1 Å². The molecule has 4 nitrogen and oxygen atoms in total. The molecule has 0 atom stereocenters. The Kier molecular flexibility index (Phi) is 3.44. The number of nitrogens with one attached hydrogen (secondary N) is 1. The van der Waals surface area contributed by atoms with E-state index in [9.17, 15) is 9.90 Å². The molecule has 2 N–H and O–H groups in total. The standard InChI is InChI=1S/C15H16N2O2S/c1-9-6-7-11(10(8-9)14(18)19)16-15-17-12-4-2-3-5-13(12)20-15/h6-8H,2-5H2,1H3,(H,16,17)(H,18,19). The van der Waals surface area contributed by atoms with Crippen LogP contribution in [0.3, 0.4) is 0 Å². The van der Waals surface area contributed by atoms with Crippen LogP contribution in [0.5, 0.6) is 0 Å². The number of anilines is 2. The highest BCUT2D eigenvalue weighted by molar-refractivity contribution is 7.15. The van der Waals surface area contributed by atoms with Crippen LogP contribution in [0.25, 0.3) is 0 Å². The van der Waals surface area contributed by atoms with Gasteiger partial charge in [0.05, 0.1) is 16.9 Å². The molecule has 1 aliphatic rings. The number of aromatic nitrogens is 1. The van der Waals surface area contributed by atoms with Crippen molar-refractivity contribution in [1.29, 1.82) is 0 Å². The molecular formula is C15H16N2O2S. The zero-order chi connectivity index (χ0) is 14.1. The SMILES string of the molecule is Cc1ccc(Nc2nc3c(s2)CCCC3)c(C(=O)O)c1. The number of hydrogen-bond acceptors (Lipinski definition) is 4. The number of fused-ring (bicyclic) bond motifs is 1. The molecule has 0 amide bonds. The third kappa shape index (κ3) is 2.54. The fourth-order valence-corrected chi connectivity index (χ4v) is 3.53. The zero-order valence-electron chi connectivity index (χ0n) is 11.3. The van der Waals surface area contributed by atoms with E-state index in [4.69, 9.17) is 0 Å². The van der Waals surface area contributed by atoms with Crippen molar-refractivity contribution in [2.24, 2.45) is 0 Å². The molecule has 0 bridgehead atoms. The predicted octanol–water partition coefficient (Wildman–Crippen LogP) is 3.77. The van der Waals surface area contributed by atoms with Crippen LogP contribution in [0.15, 0.2) is 18.2 Å². The average Bonchev–Trinajstić information content (AvgIpc) is 2.82. The van der Waals surface area contributed by atoms with Crippen molar-refractivity contribution in [1.82, 2.24) is 4.98 Å². The second-order valence-corrected chi connectivity index (χ2v) is 6.16. The maximum atomic E-state index is 11.3. The number of aromatic carboxylic acids is 1. The van der Waals surface area contributed by atoms with Gasteiger partial charge in [-0.2, -0.15) is 0 Å². The monoisotopic (exact) mass is 288 g/mol. The number of hydrogen-bond donors (Lipinski definition) is 2. The van der Waals surface area contributed by atoms with Gasteiger partial charge < -0.3 is 10.4 Å². The minimum absolute atomic E-state index is 0.290. The number of carbonyl (C=O) groups is 1. The second kappa shape index (κ2) is 5.25. The van der Waals surface area contributed by atoms with Crippen molar-refractivity contribution in [3.05, 3.63) is 39.9 Å². The quantitative estimate of drug-likeness (QED) is 0.902. The van der Waals surface area contributed by atoms with Crippen molar-refractivity contribution in [3.63, 3.8) is 0 Å². The Bertz CT molecular complexity index is 640. The fourth-order valence-electron chi connectivity index (χ4n) is 2.46. The van der Waals surface area contributed by atoms with E-state index in [0.717, 1.165) is 23.5 Å². The van der Waals surface area contributed by atoms with Crippen LogP contribution in [-0.2, 0) is 12.8 Å². The number of nitrogens with zero attached hydrogens (tertiary/aromatic N) is 1. The molecule has 0 saturated carbocycles. The van der Waals surface area contributed by atoms with Gasteiger partial charge in [0, 0.05) is 4.88 Å². The van der Waals surface area contributed by atoms with E-state index >= 15 is 0 Å². The lowest BCUT2D eigenvalue weighted by molar-refractivity contribution is 0.0698. The minimum atomic E-state index is -0.919. The first-order valence-corrected chi connectivity index (χ1v) is 7.54. The highest BCUT2D eigenvalue weighted by atomic mass is 32.1. The highest BCUT2D eigenvalue weighted by Crippen LogP contribution is 2.32. The Hall–Kier alpha value is -1.88. The van der Waals surface area contributed by atoms with Crippen LogP contribution < -0.4 is 5.32 Å². The summed E-state index contributed by atoms with van der Waals surface area (Å²) in [6.07, 6.45) is 4.54. The summed E-state index contributed by atoms with van der Waals surface area (Å²) in [6, 6.07) is 5.39.